The van der Waals surface area contributed by atoms with Gasteiger partial charge in [-0.2, -0.15) is 0 Å². The molecule has 0 aromatic heterocycles. The van der Waals surface area contributed by atoms with Crippen molar-refractivity contribution in [3.63, 3.8) is 0 Å². The van der Waals surface area contributed by atoms with E-state index in [0.717, 1.165) is 38.5 Å². The number of allylic oxidation sites excluding steroid dienone is 2. The van der Waals surface area contributed by atoms with Gasteiger partial charge < -0.3 is 34.6 Å². The molecule has 1 aliphatic rings. The quantitative estimate of drug-likeness (QED) is 0.0183. The Morgan fingerprint density at radius 1 is 0.717 bits per heavy atom. The molecule has 0 unspecified atom stereocenters. The summed E-state index contributed by atoms with van der Waals surface area (Å²) < 4.78 is 26.4. The topological polar surface area (TPSA) is 180 Å². The van der Waals surface area contributed by atoms with Crippen LogP contribution in [0.4, 0.5) is 0 Å². The van der Waals surface area contributed by atoms with E-state index in [4.69, 9.17) is 19.3 Å². The first-order chi connectivity index (χ1) is 25.5. The Hall–Kier alpha value is -1.59. The van der Waals surface area contributed by atoms with E-state index in [-0.39, 0.29) is 37.7 Å². The maximum Gasteiger partial charge on any atom is 0.469 e. The average Bonchev–Trinajstić information content (AvgIpc) is 3.38. The molecule has 310 valence electrons. The SMILES string of the molecule is CCCCCCCCCCCCCCCCCC(=O)OC[C@H](COP(=O)(O)O)OC(=O)CCC/C=C/C[C@@H]1[C@@H](/C=C/[C@@H](O)CCCCC)[C@H](O)C[C@@H]1O. The van der Waals surface area contributed by atoms with Gasteiger partial charge in [0, 0.05) is 25.2 Å². The fourth-order valence-electron chi connectivity index (χ4n) is 6.84. The van der Waals surface area contributed by atoms with Gasteiger partial charge >= 0.3 is 19.8 Å². The molecule has 0 radical (unpaired) electrons. The molecule has 6 atom stereocenters. The minimum atomic E-state index is -4.82. The zero-order valence-electron chi connectivity index (χ0n) is 33.0. The minimum Gasteiger partial charge on any atom is -0.462 e. The maximum absolute atomic E-state index is 12.5. The fraction of sp³-hybridized carbons (Fsp3) is 0.854. The molecule has 0 amide bonds. The van der Waals surface area contributed by atoms with Gasteiger partial charge in [-0.3, -0.25) is 14.1 Å². The minimum absolute atomic E-state index is 0.0376. The van der Waals surface area contributed by atoms with E-state index >= 15 is 0 Å². The van der Waals surface area contributed by atoms with Crippen LogP contribution in [-0.4, -0.2) is 74.7 Å². The monoisotopic (exact) mass is 775 g/mol. The van der Waals surface area contributed by atoms with E-state index in [1.165, 1.54) is 70.6 Å². The Kier molecular flexibility index (Phi) is 29.5. The first-order valence-corrected chi connectivity index (χ1v) is 22.4. The number of hydrogen-bond acceptors (Lipinski definition) is 9. The van der Waals surface area contributed by atoms with Crippen LogP contribution in [0.5, 0.6) is 0 Å². The van der Waals surface area contributed by atoms with Gasteiger partial charge in [-0.05, 0) is 38.0 Å². The van der Waals surface area contributed by atoms with Gasteiger partial charge in [0.2, 0.25) is 0 Å². The van der Waals surface area contributed by atoms with Crippen molar-refractivity contribution in [3.8, 4) is 0 Å². The Morgan fingerprint density at radius 3 is 1.85 bits per heavy atom. The van der Waals surface area contributed by atoms with E-state index in [9.17, 15) is 29.5 Å². The summed E-state index contributed by atoms with van der Waals surface area (Å²) in [5.74, 6) is -1.49. The molecule has 12 heteroatoms. The van der Waals surface area contributed by atoms with Gasteiger partial charge in [-0.15, -0.1) is 0 Å². The summed E-state index contributed by atoms with van der Waals surface area (Å²) in [4.78, 5) is 43.0. The Labute approximate surface area is 320 Å². The van der Waals surface area contributed by atoms with Crippen LogP contribution in [0, 0.1) is 11.8 Å². The number of hydrogen-bond donors (Lipinski definition) is 5. The number of phosphoric ester groups is 1. The largest absolute Gasteiger partial charge is 0.469 e. The summed E-state index contributed by atoms with van der Waals surface area (Å²) in [5, 5.41) is 31.2. The van der Waals surface area contributed by atoms with Crippen LogP contribution in [0.1, 0.15) is 174 Å². The van der Waals surface area contributed by atoms with Gasteiger partial charge in [-0.25, -0.2) is 4.57 Å². The van der Waals surface area contributed by atoms with Crippen LogP contribution in [0.25, 0.3) is 0 Å². The number of carbonyl (C=O) groups excluding carboxylic acids is 2. The molecule has 0 aliphatic heterocycles. The highest BCUT2D eigenvalue weighted by atomic mass is 31.2. The molecule has 0 aromatic rings. The summed E-state index contributed by atoms with van der Waals surface area (Å²) >= 11 is 0. The van der Waals surface area contributed by atoms with E-state index in [1.54, 1.807) is 6.08 Å². The smallest absolute Gasteiger partial charge is 0.462 e. The lowest BCUT2D eigenvalue weighted by atomic mass is 9.89. The van der Waals surface area contributed by atoms with E-state index in [2.05, 4.69) is 18.4 Å². The third-order valence-electron chi connectivity index (χ3n) is 10.0. The highest BCUT2D eigenvalue weighted by Gasteiger charge is 2.39. The molecule has 1 rings (SSSR count). The number of phosphoric acid groups is 1. The lowest BCUT2D eigenvalue weighted by Gasteiger charge is -2.19. The standard InChI is InChI=1S/C41H75O11P/c1-3-5-7-8-9-10-11-12-13-14-15-16-17-18-23-27-40(45)50-32-35(33-51-53(47,48)49)52-41(46)28-24-20-19-22-26-36-37(39(44)31-38(36)43)30-29-34(42)25-21-6-4-2/h19,22,29-30,34-39,42-44H,3-18,20-21,23-28,31-33H2,1-2H3,(H2,47,48,49)/b22-19+,30-29+/t34-,35+,36+,37+,38-,39+/m0/s1. The molecule has 0 saturated heterocycles. The molecule has 1 saturated carbocycles. The predicted octanol–water partition coefficient (Wildman–Crippen LogP) is 8.78. The van der Waals surface area contributed by atoms with Gasteiger partial charge in [-0.1, -0.05) is 147 Å². The number of aliphatic hydroxyl groups excluding tert-OH is 3. The van der Waals surface area contributed by atoms with Crippen molar-refractivity contribution >= 4 is 19.8 Å². The first kappa shape index (κ1) is 49.4. The number of ether oxygens (including phenoxy) is 2. The maximum atomic E-state index is 12.5. The highest BCUT2D eigenvalue weighted by Crippen LogP contribution is 2.37. The summed E-state index contributed by atoms with van der Waals surface area (Å²) in [6, 6.07) is 0. The van der Waals surface area contributed by atoms with Crippen molar-refractivity contribution in [3.05, 3.63) is 24.3 Å². The average molecular weight is 775 g/mol. The summed E-state index contributed by atoms with van der Waals surface area (Å²) in [5.41, 5.74) is 0. The molecule has 1 fully saturated rings. The first-order valence-electron chi connectivity index (χ1n) is 20.9. The van der Waals surface area contributed by atoms with Gasteiger partial charge in [0.25, 0.3) is 0 Å². The summed E-state index contributed by atoms with van der Waals surface area (Å²) in [6.45, 7) is 3.39. The van der Waals surface area contributed by atoms with E-state index in [0.29, 0.717) is 32.1 Å². The number of aliphatic hydroxyl groups is 3. The summed E-state index contributed by atoms with van der Waals surface area (Å²) in [7, 11) is -4.82. The second-order valence-electron chi connectivity index (χ2n) is 14.9. The van der Waals surface area contributed by atoms with Crippen molar-refractivity contribution in [2.24, 2.45) is 11.8 Å². The van der Waals surface area contributed by atoms with E-state index in [1.807, 2.05) is 18.2 Å². The normalized spacial score (nSPS) is 20.4. The van der Waals surface area contributed by atoms with Crippen LogP contribution >= 0.6 is 7.82 Å². The van der Waals surface area contributed by atoms with Crippen LogP contribution < -0.4 is 0 Å². The molecule has 0 aromatic carbocycles. The third-order valence-corrected chi connectivity index (χ3v) is 10.5. The fourth-order valence-corrected chi connectivity index (χ4v) is 7.20. The molecule has 0 bridgehead atoms. The Bertz CT molecular complexity index is 1030. The van der Waals surface area contributed by atoms with Crippen molar-refractivity contribution in [1.82, 2.24) is 0 Å². The van der Waals surface area contributed by atoms with Crippen LogP contribution in [0.3, 0.4) is 0 Å². The zero-order valence-corrected chi connectivity index (χ0v) is 33.9. The molecule has 11 nitrogen and oxygen atoms in total. The molecule has 0 heterocycles. The molecule has 53 heavy (non-hydrogen) atoms. The molecular weight excluding hydrogens is 699 g/mol. The third kappa shape index (κ3) is 27.6. The second kappa shape index (κ2) is 31.6. The lowest BCUT2D eigenvalue weighted by molar-refractivity contribution is -0.161. The van der Waals surface area contributed by atoms with Crippen LogP contribution in [0.2, 0.25) is 0 Å². The molecule has 5 N–H and O–H groups in total. The van der Waals surface area contributed by atoms with Crippen molar-refractivity contribution in [1.29, 1.82) is 0 Å². The number of rotatable bonds is 34. The van der Waals surface area contributed by atoms with Crippen molar-refractivity contribution < 1.29 is 53.3 Å². The second-order valence-corrected chi connectivity index (χ2v) is 16.2. The van der Waals surface area contributed by atoms with Crippen molar-refractivity contribution in [2.45, 2.75) is 199 Å². The Morgan fingerprint density at radius 2 is 1.26 bits per heavy atom. The number of esters is 2. The molecule has 1 aliphatic carbocycles. The van der Waals surface area contributed by atoms with E-state index < -0.39 is 50.8 Å². The Balaban J connectivity index is 2.30. The van der Waals surface area contributed by atoms with Crippen molar-refractivity contribution in [2.75, 3.05) is 13.2 Å². The zero-order chi connectivity index (χ0) is 39.2. The van der Waals surface area contributed by atoms with Crippen LogP contribution in [-0.2, 0) is 28.2 Å². The highest BCUT2D eigenvalue weighted by molar-refractivity contribution is 7.46. The molecule has 0 spiro atoms. The number of unbranched alkanes of at least 4 members (excludes halogenated alkanes) is 17. The van der Waals surface area contributed by atoms with Gasteiger partial charge in [0.05, 0.1) is 24.9 Å². The predicted molar refractivity (Wildman–Crippen MR) is 209 cm³/mol. The van der Waals surface area contributed by atoms with Gasteiger partial charge in [0.15, 0.2) is 6.10 Å². The summed E-state index contributed by atoms with van der Waals surface area (Å²) in [6.07, 6.45) is 28.5. The number of carbonyl (C=O) groups is 2. The van der Waals surface area contributed by atoms with Crippen LogP contribution in [0.15, 0.2) is 24.3 Å². The lowest BCUT2D eigenvalue weighted by Crippen LogP contribution is -2.29. The van der Waals surface area contributed by atoms with Gasteiger partial charge in [0.1, 0.15) is 6.61 Å². The molecular formula is C41H75O11P.